The average Bonchev–Trinajstić information content (AvgIpc) is 2.29. The molecule has 0 aliphatic carbocycles. The molecule has 100 valence electrons. The van der Waals surface area contributed by atoms with Crippen LogP contribution in [0.5, 0.6) is 5.75 Å². The Morgan fingerprint density at radius 3 is 2.50 bits per heavy atom. The molecule has 0 aliphatic heterocycles. The minimum absolute atomic E-state index is 0.150. The number of aryl methyl sites for hydroxylation is 1. The molecule has 0 bridgehead atoms. The third-order valence-corrected chi connectivity index (χ3v) is 3.72. The number of hydrogen-bond donors (Lipinski definition) is 0. The Morgan fingerprint density at radius 2 is 2.00 bits per heavy atom. The van der Waals surface area contributed by atoms with Crippen LogP contribution in [0.2, 0.25) is 0 Å². The highest BCUT2D eigenvalue weighted by Crippen LogP contribution is 2.25. The van der Waals surface area contributed by atoms with E-state index in [-0.39, 0.29) is 16.0 Å². The summed E-state index contributed by atoms with van der Waals surface area (Å²) in [5, 5.41) is 0. The van der Waals surface area contributed by atoms with Crippen molar-refractivity contribution < 1.29 is 9.53 Å². The number of hydrogen-bond acceptors (Lipinski definition) is 2. The summed E-state index contributed by atoms with van der Waals surface area (Å²) in [6.07, 6.45) is 0.694. The van der Waals surface area contributed by atoms with Gasteiger partial charge >= 0.3 is 0 Å². The zero-order valence-electron chi connectivity index (χ0n) is 11.7. The van der Waals surface area contributed by atoms with Crippen LogP contribution in [0, 0.1) is 12.3 Å². The lowest BCUT2D eigenvalue weighted by Crippen LogP contribution is -2.30. The average molecular weight is 313 g/mol. The summed E-state index contributed by atoms with van der Waals surface area (Å²) in [4.78, 5) is 12.0. The van der Waals surface area contributed by atoms with E-state index in [0.29, 0.717) is 6.42 Å². The fourth-order valence-electron chi connectivity index (χ4n) is 1.75. The number of carbonyl (C=O) groups is 1. The number of ether oxygens (including phenoxy) is 1. The molecule has 0 aromatic heterocycles. The van der Waals surface area contributed by atoms with E-state index in [9.17, 15) is 4.79 Å². The summed E-state index contributed by atoms with van der Waals surface area (Å²) in [6, 6.07) is 5.96. The van der Waals surface area contributed by atoms with Crippen LogP contribution in [0.15, 0.2) is 18.2 Å². The van der Waals surface area contributed by atoms with Crippen molar-refractivity contribution in [2.45, 2.75) is 38.9 Å². The minimum Gasteiger partial charge on any atom is -0.497 e. The lowest BCUT2D eigenvalue weighted by Gasteiger charge is -2.21. The van der Waals surface area contributed by atoms with Crippen molar-refractivity contribution in [1.82, 2.24) is 0 Å². The molecular weight excluding hydrogens is 292 g/mol. The first-order valence-corrected chi connectivity index (χ1v) is 6.99. The first-order valence-electron chi connectivity index (χ1n) is 6.07. The van der Waals surface area contributed by atoms with Crippen molar-refractivity contribution in [1.29, 1.82) is 0 Å². The molecule has 1 aromatic carbocycles. The van der Waals surface area contributed by atoms with E-state index in [0.717, 1.165) is 11.3 Å². The fraction of sp³-hybridized carbons (Fsp3) is 0.533. The number of Topliss-reactive ketones (excluding diaryl/α,β-unsaturated/α-hetero) is 1. The molecule has 0 heterocycles. The standard InChI is InChI=1S/C15H21BrO2/c1-10-6-7-12(18-5)8-11(10)9-13(16)14(17)15(2,3)4/h6-8,13H,9H2,1-5H3. The maximum Gasteiger partial charge on any atom is 0.152 e. The predicted octanol–water partition coefficient (Wildman–Crippen LogP) is 3.92. The number of alkyl halides is 1. The summed E-state index contributed by atoms with van der Waals surface area (Å²) >= 11 is 3.51. The summed E-state index contributed by atoms with van der Waals surface area (Å²) in [5.41, 5.74) is 2.01. The van der Waals surface area contributed by atoms with Gasteiger partial charge in [-0.2, -0.15) is 0 Å². The summed E-state index contributed by atoms with van der Waals surface area (Å²) < 4.78 is 5.22. The van der Waals surface area contributed by atoms with Gasteiger partial charge in [0.05, 0.1) is 11.9 Å². The molecule has 0 amide bonds. The van der Waals surface area contributed by atoms with E-state index in [4.69, 9.17) is 4.74 Å². The molecule has 18 heavy (non-hydrogen) atoms. The molecule has 1 atom stereocenters. The predicted molar refractivity (Wildman–Crippen MR) is 78.6 cm³/mol. The molecule has 1 unspecified atom stereocenters. The third-order valence-electron chi connectivity index (χ3n) is 2.98. The second-order valence-electron chi connectivity index (χ2n) is 5.58. The first kappa shape index (κ1) is 15.2. The Balaban J connectivity index is 2.88. The van der Waals surface area contributed by atoms with Gasteiger partial charge in [0, 0.05) is 5.41 Å². The van der Waals surface area contributed by atoms with E-state index in [1.54, 1.807) is 7.11 Å². The van der Waals surface area contributed by atoms with E-state index in [2.05, 4.69) is 22.9 Å². The lowest BCUT2D eigenvalue weighted by molar-refractivity contribution is -0.125. The zero-order valence-corrected chi connectivity index (χ0v) is 13.3. The maximum absolute atomic E-state index is 12.2. The van der Waals surface area contributed by atoms with Gasteiger partial charge in [-0.1, -0.05) is 42.8 Å². The van der Waals surface area contributed by atoms with Crippen molar-refractivity contribution in [3.63, 3.8) is 0 Å². The van der Waals surface area contributed by atoms with Crippen LogP contribution in [0.3, 0.4) is 0 Å². The highest BCUT2D eigenvalue weighted by molar-refractivity contribution is 9.10. The van der Waals surface area contributed by atoms with Crippen molar-refractivity contribution in [2.75, 3.05) is 7.11 Å². The molecule has 0 aliphatic rings. The first-order chi connectivity index (χ1) is 8.25. The molecule has 1 rings (SSSR count). The van der Waals surface area contributed by atoms with Gasteiger partial charge in [0.1, 0.15) is 5.75 Å². The molecule has 3 heteroatoms. The molecule has 0 spiro atoms. The monoisotopic (exact) mass is 312 g/mol. The van der Waals surface area contributed by atoms with Crippen LogP contribution in [0.4, 0.5) is 0 Å². The van der Waals surface area contributed by atoms with Gasteiger partial charge in [-0.3, -0.25) is 4.79 Å². The molecule has 0 N–H and O–H groups in total. The maximum atomic E-state index is 12.2. The molecule has 0 radical (unpaired) electrons. The third kappa shape index (κ3) is 3.84. The van der Waals surface area contributed by atoms with Crippen LogP contribution in [0.25, 0.3) is 0 Å². The Kier molecular flexibility index (Phi) is 4.97. The number of methoxy groups -OCH3 is 1. The van der Waals surface area contributed by atoms with Gasteiger partial charge in [-0.15, -0.1) is 0 Å². The summed E-state index contributed by atoms with van der Waals surface area (Å²) in [5.74, 6) is 1.06. The highest BCUT2D eigenvalue weighted by atomic mass is 79.9. The number of halogens is 1. The van der Waals surface area contributed by atoms with Crippen molar-refractivity contribution in [3.05, 3.63) is 29.3 Å². The van der Waals surface area contributed by atoms with Crippen LogP contribution in [-0.2, 0) is 11.2 Å². The smallest absolute Gasteiger partial charge is 0.152 e. The lowest BCUT2D eigenvalue weighted by atomic mass is 9.87. The van der Waals surface area contributed by atoms with Gasteiger partial charge < -0.3 is 4.74 Å². The van der Waals surface area contributed by atoms with Crippen molar-refractivity contribution in [2.24, 2.45) is 5.41 Å². The molecule has 0 saturated carbocycles. The van der Waals surface area contributed by atoms with Crippen LogP contribution in [-0.4, -0.2) is 17.7 Å². The van der Waals surface area contributed by atoms with Gasteiger partial charge in [-0.25, -0.2) is 0 Å². The van der Waals surface area contributed by atoms with Crippen LogP contribution >= 0.6 is 15.9 Å². The second kappa shape index (κ2) is 5.87. The zero-order chi connectivity index (χ0) is 13.9. The number of carbonyl (C=O) groups excluding carboxylic acids is 1. The molecular formula is C15H21BrO2. The molecule has 0 saturated heterocycles. The quantitative estimate of drug-likeness (QED) is 0.788. The normalized spacial score (nSPS) is 13.2. The van der Waals surface area contributed by atoms with E-state index in [1.165, 1.54) is 5.56 Å². The Hall–Kier alpha value is -0.830. The van der Waals surface area contributed by atoms with Gasteiger partial charge in [0.2, 0.25) is 0 Å². The molecule has 1 aromatic rings. The van der Waals surface area contributed by atoms with E-state index < -0.39 is 0 Å². The van der Waals surface area contributed by atoms with Crippen molar-refractivity contribution in [3.8, 4) is 5.75 Å². The number of rotatable bonds is 4. The summed E-state index contributed by atoms with van der Waals surface area (Å²) in [7, 11) is 1.65. The van der Waals surface area contributed by atoms with E-state index in [1.807, 2.05) is 39.0 Å². The van der Waals surface area contributed by atoms with Crippen LogP contribution in [0.1, 0.15) is 31.9 Å². The SMILES string of the molecule is COc1ccc(C)c(CC(Br)C(=O)C(C)(C)C)c1. The fourth-order valence-corrected chi connectivity index (χ4v) is 2.79. The Labute approximate surface area is 118 Å². The highest BCUT2D eigenvalue weighted by Gasteiger charge is 2.28. The summed E-state index contributed by atoms with van der Waals surface area (Å²) in [6.45, 7) is 7.89. The van der Waals surface area contributed by atoms with E-state index >= 15 is 0 Å². The molecule has 0 fully saturated rings. The van der Waals surface area contributed by atoms with Gasteiger partial charge in [-0.05, 0) is 36.6 Å². The molecule has 2 nitrogen and oxygen atoms in total. The Morgan fingerprint density at radius 1 is 1.39 bits per heavy atom. The van der Waals surface area contributed by atoms with Gasteiger partial charge in [0.25, 0.3) is 0 Å². The number of ketones is 1. The van der Waals surface area contributed by atoms with Crippen molar-refractivity contribution >= 4 is 21.7 Å². The minimum atomic E-state index is -0.319. The second-order valence-corrected chi connectivity index (χ2v) is 6.68. The topological polar surface area (TPSA) is 26.3 Å². The number of benzene rings is 1. The largest absolute Gasteiger partial charge is 0.497 e. The Bertz CT molecular complexity index is 433. The van der Waals surface area contributed by atoms with Gasteiger partial charge in [0.15, 0.2) is 5.78 Å². The van der Waals surface area contributed by atoms with Crippen LogP contribution < -0.4 is 4.74 Å².